The number of nitrogens with zero attached hydrogens (tertiary/aromatic N) is 2. The van der Waals surface area contributed by atoms with E-state index in [1.807, 2.05) is 0 Å². The van der Waals surface area contributed by atoms with Crippen LogP contribution in [0.2, 0.25) is 0 Å². The Bertz CT molecular complexity index is 428. The molecular formula is C14H27N5O. The van der Waals surface area contributed by atoms with Crippen molar-refractivity contribution in [1.29, 1.82) is 0 Å². The molecule has 6 nitrogen and oxygen atoms in total. The van der Waals surface area contributed by atoms with Gasteiger partial charge in [0, 0.05) is 18.6 Å². The standard InChI is InChI=1S/C14H27N5O/c1-9(2)10(8-20-6)16-11-7-12(19-15)18-13(17-11)14(3,4)5/h7,9-10H,8,15H2,1-6H3,(H2,16,17,18,19). The van der Waals surface area contributed by atoms with E-state index in [-0.39, 0.29) is 11.5 Å². The Morgan fingerprint density at radius 3 is 2.30 bits per heavy atom. The molecule has 1 rings (SSSR count). The van der Waals surface area contributed by atoms with Gasteiger partial charge in [-0.25, -0.2) is 15.8 Å². The molecule has 0 aromatic carbocycles. The van der Waals surface area contributed by atoms with Crippen LogP contribution in [-0.4, -0.2) is 29.7 Å². The topological polar surface area (TPSA) is 85.1 Å². The third-order valence-electron chi connectivity index (χ3n) is 3.03. The number of aromatic nitrogens is 2. The molecule has 0 bridgehead atoms. The summed E-state index contributed by atoms with van der Waals surface area (Å²) in [6.07, 6.45) is 0. The van der Waals surface area contributed by atoms with Crippen LogP contribution in [0.1, 0.15) is 40.4 Å². The van der Waals surface area contributed by atoms with E-state index < -0.39 is 0 Å². The Morgan fingerprint density at radius 2 is 1.85 bits per heavy atom. The van der Waals surface area contributed by atoms with Crippen molar-refractivity contribution in [3.63, 3.8) is 0 Å². The fourth-order valence-corrected chi connectivity index (χ4v) is 1.70. The summed E-state index contributed by atoms with van der Waals surface area (Å²) in [7, 11) is 1.70. The van der Waals surface area contributed by atoms with Crippen LogP contribution in [0.4, 0.5) is 11.6 Å². The highest BCUT2D eigenvalue weighted by atomic mass is 16.5. The molecule has 0 aliphatic rings. The molecule has 0 aliphatic heterocycles. The molecule has 6 heteroatoms. The number of hydrogen-bond acceptors (Lipinski definition) is 6. The molecule has 0 spiro atoms. The maximum absolute atomic E-state index is 5.49. The van der Waals surface area contributed by atoms with E-state index in [9.17, 15) is 0 Å². The predicted molar refractivity (Wildman–Crippen MR) is 82.7 cm³/mol. The van der Waals surface area contributed by atoms with Crippen LogP contribution in [0.25, 0.3) is 0 Å². The Kier molecular flexibility index (Phi) is 5.71. The zero-order valence-electron chi connectivity index (χ0n) is 13.3. The lowest BCUT2D eigenvalue weighted by molar-refractivity contribution is 0.171. The van der Waals surface area contributed by atoms with Crippen molar-refractivity contribution in [2.24, 2.45) is 11.8 Å². The van der Waals surface area contributed by atoms with E-state index in [2.05, 4.69) is 55.3 Å². The van der Waals surface area contributed by atoms with Crippen molar-refractivity contribution in [3.05, 3.63) is 11.9 Å². The molecule has 0 fully saturated rings. The summed E-state index contributed by atoms with van der Waals surface area (Å²) in [6.45, 7) is 11.1. The molecule has 1 atom stereocenters. The number of ether oxygens (including phenoxy) is 1. The quantitative estimate of drug-likeness (QED) is 0.547. The number of rotatable bonds is 6. The molecule has 0 amide bonds. The molecule has 0 saturated carbocycles. The Balaban J connectivity index is 3.04. The van der Waals surface area contributed by atoms with Gasteiger partial charge in [-0.2, -0.15) is 0 Å². The lowest BCUT2D eigenvalue weighted by Crippen LogP contribution is -2.31. The summed E-state index contributed by atoms with van der Waals surface area (Å²) in [5, 5.41) is 3.39. The first-order chi connectivity index (χ1) is 9.27. The van der Waals surface area contributed by atoms with Gasteiger partial charge in [-0.05, 0) is 5.92 Å². The van der Waals surface area contributed by atoms with E-state index in [4.69, 9.17) is 10.6 Å². The number of methoxy groups -OCH3 is 1. The second-order valence-corrected chi connectivity index (χ2v) is 6.31. The highest BCUT2D eigenvalue weighted by Crippen LogP contribution is 2.22. The molecule has 0 saturated heterocycles. The minimum absolute atomic E-state index is 0.141. The van der Waals surface area contributed by atoms with Gasteiger partial charge in [-0.1, -0.05) is 34.6 Å². The van der Waals surface area contributed by atoms with E-state index in [1.54, 1.807) is 13.2 Å². The first kappa shape index (κ1) is 16.7. The van der Waals surface area contributed by atoms with E-state index in [1.165, 1.54) is 0 Å². The summed E-state index contributed by atoms with van der Waals surface area (Å²) in [6, 6.07) is 1.99. The van der Waals surface area contributed by atoms with E-state index in [0.29, 0.717) is 18.3 Å². The smallest absolute Gasteiger partial charge is 0.145 e. The second kappa shape index (κ2) is 6.85. The number of nitrogen functional groups attached to an aromatic ring is 1. The van der Waals surface area contributed by atoms with Crippen molar-refractivity contribution in [2.45, 2.75) is 46.1 Å². The van der Waals surface area contributed by atoms with Crippen molar-refractivity contribution in [1.82, 2.24) is 9.97 Å². The van der Waals surface area contributed by atoms with Crippen molar-refractivity contribution >= 4 is 11.6 Å². The normalized spacial score (nSPS) is 13.4. The SMILES string of the molecule is COCC(Nc1cc(NN)nc(C(C)(C)C)n1)C(C)C. The Labute approximate surface area is 121 Å². The molecular weight excluding hydrogens is 254 g/mol. The highest BCUT2D eigenvalue weighted by Gasteiger charge is 2.20. The highest BCUT2D eigenvalue weighted by molar-refractivity contribution is 5.48. The molecule has 114 valence electrons. The number of nitrogens with one attached hydrogen (secondary N) is 2. The summed E-state index contributed by atoms with van der Waals surface area (Å²) in [5.74, 6) is 8.02. The van der Waals surface area contributed by atoms with Crippen LogP contribution >= 0.6 is 0 Å². The lowest BCUT2D eigenvalue weighted by Gasteiger charge is -2.24. The number of nitrogens with two attached hydrogens (primary N) is 1. The van der Waals surface area contributed by atoms with Gasteiger partial charge in [0.05, 0.1) is 12.6 Å². The fraction of sp³-hybridized carbons (Fsp3) is 0.714. The number of hydrazine groups is 1. The summed E-state index contributed by atoms with van der Waals surface area (Å²) in [4.78, 5) is 8.99. The average Bonchev–Trinajstić information content (AvgIpc) is 2.36. The molecule has 1 aromatic heterocycles. The minimum Gasteiger partial charge on any atom is -0.383 e. The molecule has 0 radical (unpaired) electrons. The molecule has 4 N–H and O–H groups in total. The van der Waals surface area contributed by atoms with Crippen molar-refractivity contribution < 1.29 is 4.74 Å². The Morgan fingerprint density at radius 1 is 1.25 bits per heavy atom. The Hall–Kier alpha value is -1.40. The molecule has 1 aromatic rings. The summed E-state index contributed by atoms with van der Waals surface area (Å²) >= 11 is 0. The fourth-order valence-electron chi connectivity index (χ4n) is 1.70. The van der Waals surface area contributed by atoms with Crippen molar-refractivity contribution in [3.8, 4) is 0 Å². The van der Waals surface area contributed by atoms with Gasteiger partial charge in [0.15, 0.2) is 0 Å². The van der Waals surface area contributed by atoms with E-state index in [0.717, 1.165) is 11.6 Å². The van der Waals surface area contributed by atoms with Gasteiger partial charge in [0.1, 0.15) is 17.5 Å². The number of hydrogen-bond donors (Lipinski definition) is 3. The van der Waals surface area contributed by atoms with Crippen LogP contribution in [-0.2, 0) is 10.2 Å². The van der Waals surface area contributed by atoms with Crippen LogP contribution in [0.5, 0.6) is 0 Å². The first-order valence-electron chi connectivity index (χ1n) is 6.89. The van der Waals surface area contributed by atoms with Gasteiger partial charge >= 0.3 is 0 Å². The monoisotopic (exact) mass is 281 g/mol. The number of anilines is 2. The van der Waals surface area contributed by atoms with Gasteiger partial charge in [-0.3, -0.25) is 0 Å². The predicted octanol–water partition coefficient (Wildman–Crippen LogP) is 2.14. The van der Waals surface area contributed by atoms with Crippen LogP contribution in [0, 0.1) is 5.92 Å². The van der Waals surface area contributed by atoms with Gasteiger partial charge in [-0.15, -0.1) is 0 Å². The maximum Gasteiger partial charge on any atom is 0.145 e. The molecule has 0 aliphatic carbocycles. The average molecular weight is 281 g/mol. The van der Waals surface area contributed by atoms with Crippen LogP contribution in [0.15, 0.2) is 6.07 Å². The zero-order valence-corrected chi connectivity index (χ0v) is 13.3. The van der Waals surface area contributed by atoms with E-state index >= 15 is 0 Å². The van der Waals surface area contributed by atoms with Crippen LogP contribution < -0.4 is 16.6 Å². The zero-order chi connectivity index (χ0) is 15.3. The van der Waals surface area contributed by atoms with Gasteiger partial charge in [0.2, 0.25) is 0 Å². The van der Waals surface area contributed by atoms with Crippen molar-refractivity contribution in [2.75, 3.05) is 24.5 Å². The van der Waals surface area contributed by atoms with Gasteiger partial charge in [0.25, 0.3) is 0 Å². The van der Waals surface area contributed by atoms with Gasteiger partial charge < -0.3 is 15.5 Å². The molecule has 1 heterocycles. The van der Waals surface area contributed by atoms with Crippen LogP contribution in [0.3, 0.4) is 0 Å². The minimum atomic E-state index is -0.141. The molecule has 20 heavy (non-hydrogen) atoms. The second-order valence-electron chi connectivity index (χ2n) is 6.31. The maximum atomic E-state index is 5.49. The summed E-state index contributed by atoms with van der Waals surface area (Å²) in [5.41, 5.74) is 2.45. The third-order valence-corrected chi connectivity index (χ3v) is 3.03. The largest absolute Gasteiger partial charge is 0.383 e. The first-order valence-corrected chi connectivity index (χ1v) is 6.89. The summed E-state index contributed by atoms with van der Waals surface area (Å²) < 4.78 is 5.25. The molecule has 1 unspecified atom stereocenters. The lowest BCUT2D eigenvalue weighted by atomic mass is 9.96. The third kappa shape index (κ3) is 4.61.